The van der Waals surface area contributed by atoms with Gasteiger partial charge in [0.1, 0.15) is 0 Å². The molecule has 0 saturated heterocycles. The number of oxime groups is 1. The normalized spacial score (nSPS) is 22.9. The van der Waals surface area contributed by atoms with Gasteiger partial charge in [-0.05, 0) is 31.7 Å². The maximum absolute atomic E-state index is 12.1. The average molecular weight is 261 g/mol. The second kappa shape index (κ2) is 4.91. The lowest BCUT2D eigenvalue weighted by atomic mass is 10.0. The summed E-state index contributed by atoms with van der Waals surface area (Å²) in [6, 6.07) is 9.98. The fourth-order valence-corrected chi connectivity index (χ4v) is 2.14. The van der Waals surface area contributed by atoms with Crippen molar-refractivity contribution >= 4 is 11.7 Å². The monoisotopic (exact) mass is 261 g/mol. The molecule has 1 aromatic carbocycles. The van der Waals surface area contributed by atoms with Gasteiger partial charge in [-0.2, -0.15) is 0 Å². The fourth-order valence-electron chi connectivity index (χ4n) is 2.14. The van der Waals surface area contributed by atoms with Gasteiger partial charge in [0.15, 0.2) is 5.84 Å². The van der Waals surface area contributed by atoms with Gasteiger partial charge < -0.3 is 16.3 Å². The van der Waals surface area contributed by atoms with Crippen molar-refractivity contribution < 1.29 is 10.0 Å². The van der Waals surface area contributed by atoms with Crippen LogP contribution in [0.3, 0.4) is 0 Å². The number of carbonyl (C=O) groups excluding carboxylic acids is 1. The number of nitrogens with one attached hydrogen (secondary N) is 1. The van der Waals surface area contributed by atoms with E-state index in [1.54, 1.807) is 13.8 Å². The summed E-state index contributed by atoms with van der Waals surface area (Å²) in [6.07, 6.45) is 0.849. The Hall–Kier alpha value is -2.04. The predicted octanol–water partition coefficient (Wildman–Crippen LogP) is 1.43. The van der Waals surface area contributed by atoms with E-state index in [9.17, 15) is 4.79 Å². The molecule has 2 atom stereocenters. The molecule has 0 aliphatic heterocycles. The first-order valence-electron chi connectivity index (χ1n) is 6.30. The first-order chi connectivity index (χ1) is 8.95. The molecule has 1 saturated carbocycles. The van der Waals surface area contributed by atoms with Gasteiger partial charge in [0.25, 0.3) is 0 Å². The average Bonchev–Trinajstić information content (AvgIpc) is 3.18. The van der Waals surface area contributed by atoms with Gasteiger partial charge in [0.2, 0.25) is 5.91 Å². The van der Waals surface area contributed by atoms with Crippen LogP contribution in [0.15, 0.2) is 35.5 Å². The second-order valence-electron chi connectivity index (χ2n) is 5.46. The molecule has 4 N–H and O–H groups in total. The number of amidine groups is 1. The Bertz CT molecular complexity index is 497. The number of rotatable bonds is 4. The first kappa shape index (κ1) is 13.4. The van der Waals surface area contributed by atoms with Crippen LogP contribution in [-0.2, 0) is 4.79 Å². The molecule has 1 fully saturated rings. The van der Waals surface area contributed by atoms with Crippen molar-refractivity contribution in [2.45, 2.75) is 31.7 Å². The molecule has 0 bridgehead atoms. The molecule has 1 amide bonds. The van der Waals surface area contributed by atoms with E-state index in [2.05, 4.69) is 10.5 Å². The molecule has 2 unspecified atom stereocenters. The van der Waals surface area contributed by atoms with Crippen LogP contribution in [0.5, 0.6) is 0 Å². The van der Waals surface area contributed by atoms with Gasteiger partial charge in [-0.1, -0.05) is 35.5 Å². The Morgan fingerprint density at radius 3 is 2.63 bits per heavy atom. The summed E-state index contributed by atoms with van der Waals surface area (Å²) in [7, 11) is 0. The molecule has 2 rings (SSSR count). The zero-order chi connectivity index (χ0) is 14.0. The lowest BCUT2D eigenvalue weighted by Gasteiger charge is -2.24. The molecular formula is C14H19N3O2. The third-order valence-corrected chi connectivity index (χ3v) is 3.54. The van der Waals surface area contributed by atoms with E-state index < -0.39 is 5.54 Å². The van der Waals surface area contributed by atoms with E-state index >= 15 is 0 Å². The number of hydrogen-bond acceptors (Lipinski definition) is 3. The number of carbonyl (C=O) groups is 1. The SMILES string of the molecule is CC(C)(NC(=O)C1CC1c1ccccc1)/C(N)=N/O. The Kier molecular flexibility index (Phi) is 3.46. The minimum atomic E-state index is -0.838. The standard InChI is InChI=1S/C14H19N3O2/c1-14(2,13(15)17-19)16-12(18)11-8-10(11)9-6-4-3-5-7-9/h3-7,10-11,19H,8H2,1-2H3,(H2,15,17)(H,16,18). The van der Waals surface area contributed by atoms with E-state index in [1.165, 1.54) is 5.56 Å². The Labute approximate surface area is 112 Å². The Morgan fingerprint density at radius 1 is 1.42 bits per heavy atom. The zero-order valence-corrected chi connectivity index (χ0v) is 11.1. The summed E-state index contributed by atoms with van der Waals surface area (Å²) < 4.78 is 0. The lowest BCUT2D eigenvalue weighted by molar-refractivity contribution is -0.123. The van der Waals surface area contributed by atoms with Gasteiger partial charge >= 0.3 is 0 Å². The lowest BCUT2D eigenvalue weighted by Crippen LogP contribution is -2.53. The van der Waals surface area contributed by atoms with Gasteiger partial charge in [-0.25, -0.2) is 0 Å². The van der Waals surface area contributed by atoms with Gasteiger partial charge in [0, 0.05) is 5.92 Å². The first-order valence-corrected chi connectivity index (χ1v) is 6.30. The summed E-state index contributed by atoms with van der Waals surface area (Å²) in [4.78, 5) is 12.1. The van der Waals surface area contributed by atoms with Crippen LogP contribution in [0.1, 0.15) is 31.7 Å². The maximum atomic E-state index is 12.1. The minimum Gasteiger partial charge on any atom is -0.409 e. The number of nitrogens with zero attached hydrogens (tertiary/aromatic N) is 1. The molecular weight excluding hydrogens is 242 g/mol. The largest absolute Gasteiger partial charge is 0.409 e. The van der Waals surface area contributed by atoms with Crippen LogP contribution >= 0.6 is 0 Å². The molecule has 0 heterocycles. The highest BCUT2D eigenvalue weighted by molar-refractivity contribution is 5.94. The molecule has 0 spiro atoms. The summed E-state index contributed by atoms with van der Waals surface area (Å²) in [5.41, 5.74) is 5.90. The maximum Gasteiger partial charge on any atom is 0.224 e. The van der Waals surface area contributed by atoms with Crippen LogP contribution in [0.2, 0.25) is 0 Å². The Balaban J connectivity index is 1.97. The number of benzene rings is 1. The van der Waals surface area contributed by atoms with Gasteiger partial charge in [0.05, 0.1) is 5.54 Å². The van der Waals surface area contributed by atoms with E-state index in [1.807, 2.05) is 30.3 Å². The topological polar surface area (TPSA) is 87.7 Å². The van der Waals surface area contributed by atoms with Gasteiger partial charge in [-0.3, -0.25) is 4.79 Å². The molecule has 1 aliphatic carbocycles. The molecule has 0 radical (unpaired) electrons. The van der Waals surface area contributed by atoms with Crippen LogP contribution in [-0.4, -0.2) is 22.5 Å². The second-order valence-corrected chi connectivity index (χ2v) is 5.46. The molecule has 1 aromatic rings. The number of amides is 1. The molecule has 0 aromatic heterocycles. The van der Waals surface area contributed by atoms with Crippen LogP contribution in [0, 0.1) is 5.92 Å². The molecule has 1 aliphatic rings. The predicted molar refractivity (Wildman–Crippen MR) is 72.9 cm³/mol. The van der Waals surface area contributed by atoms with E-state index in [0.717, 1.165) is 6.42 Å². The summed E-state index contributed by atoms with van der Waals surface area (Å²) >= 11 is 0. The van der Waals surface area contributed by atoms with Crippen molar-refractivity contribution in [3.05, 3.63) is 35.9 Å². The third-order valence-electron chi connectivity index (χ3n) is 3.54. The van der Waals surface area contributed by atoms with Crippen molar-refractivity contribution in [2.24, 2.45) is 16.8 Å². The number of nitrogens with two attached hydrogens (primary N) is 1. The van der Waals surface area contributed by atoms with E-state index in [4.69, 9.17) is 10.9 Å². The van der Waals surface area contributed by atoms with Gasteiger partial charge in [-0.15, -0.1) is 0 Å². The summed E-state index contributed by atoms with van der Waals surface area (Å²) in [5.74, 6) is 0.209. The van der Waals surface area contributed by atoms with Crippen LogP contribution in [0.4, 0.5) is 0 Å². The smallest absolute Gasteiger partial charge is 0.224 e. The zero-order valence-electron chi connectivity index (χ0n) is 11.1. The molecule has 19 heavy (non-hydrogen) atoms. The van der Waals surface area contributed by atoms with Crippen molar-refractivity contribution in [1.29, 1.82) is 0 Å². The molecule has 5 heteroatoms. The highest BCUT2D eigenvalue weighted by Gasteiger charge is 2.45. The van der Waals surface area contributed by atoms with Crippen molar-refractivity contribution in [3.8, 4) is 0 Å². The van der Waals surface area contributed by atoms with Crippen LogP contribution < -0.4 is 11.1 Å². The highest BCUT2D eigenvalue weighted by atomic mass is 16.4. The third kappa shape index (κ3) is 2.86. The van der Waals surface area contributed by atoms with Crippen molar-refractivity contribution in [1.82, 2.24) is 5.32 Å². The minimum absolute atomic E-state index is 0.00207. The van der Waals surface area contributed by atoms with Crippen LogP contribution in [0.25, 0.3) is 0 Å². The van der Waals surface area contributed by atoms with Crippen molar-refractivity contribution in [3.63, 3.8) is 0 Å². The number of hydrogen-bond donors (Lipinski definition) is 3. The summed E-state index contributed by atoms with van der Waals surface area (Å²) in [5, 5.41) is 14.4. The van der Waals surface area contributed by atoms with E-state index in [0.29, 0.717) is 0 Å². The Morgan fingerprint density at radius 2 is 2.05 bits per heavy atom. The molecule has 102 valence electrons. The molecule has 5 nitrogen and oxygen atoms in total. The fraction of sp³-hybridized carbons (Fsp3) is 0.429. The summed E-state index contributed by atoms with van der Waals surface area (Å²) in [6.45, 7) is 3.42. The van der Waals surface area contributed by atoms with Crippen molar-refractivity contribution in [2.75, 3.05) is 0 Å². The quantitative estimate of drug-likeness (QED) is 0.331. The van der Waals surface area contributed by atoms with E-state index in [-0.39, 0.29) is 23.6 Å². The highest BCUT2D eigenvalue weighted by Crippen LogP contribution is 2.47.